The van der Waals surface area contributed by atoms with E-state index in [1.54, 1.807) is 36.8 Å². The second-order valence-corrected chi connectivity index (χ2v) is 7.71. The quantitative estimate of drug-likeness (QED) is 0.511. The smallest absolute Gasteiger partial charge is 0.257 e. The molecule has 6 nitrogen and oxygen atoms in total. The van der Waals surface area contributed by atoms with Crippen LogP contribution in [0.25, 0.3) is 0 Å². The molecule has 156 valence electrons. The minimum absolute atomic E-state index is 0.144. The first-order chi connectivity index (χ1) is 14.6. The Morgan fingerprint density at radius 1 is 1.03 bits per heavy atom. The lowest BCUT2D eigenvalue weighted by Gasteiger charge is -2.06. The molecule has 1 aromatic heterocycles. The topological polar surface area (TPSA) is 80.3 Å². The summed E-state index contributed by atoms with van der Waals surface area (Å²) in [7, 11) is 1.57. The van der Waals surface area contributed by atoms with Crippen molar-refractivity contribution in [2.75, 3.05) is 17.7 Å². The Morgan fingerprint density at radius 2 is 1.77 bits per heavy atom. The summed E-state index contributed by atoms with van der Waals surface area (Å²) < 4.78 is 5.09. The highest BCUT2D eigenvalue weighted by Crippen LogP contribution is 2.19. The van der Waals surface area contributed by atoms with Gasteiger partial charge in [-0.25, -0.2) is 4.98 Å². The van der Waals surface area contributed by atoms with Gasteiger partial charge in [0.1, 0.15) is 5.75 Å². The molecule has 0 saturated heterocycles. The molecule has 0 bridgehead atoms. The van der Waals surface area contributed by atoms with Gasteiger partial charge in [-0.3, -0.25) is 14.9 Å². The molecule has 0 saturated carbocycles. The molecule has 7 heteroatoms. The maximum Gasteiger partial charge on any atom is 0.257 e. The molecule has 0 fully saturated rings. The number of methoxy groups -OCH3 is 1. The van der Waals surface area contributed by atoms with Crippen LogP contribution in [0, 0.1) is 0 Å². The maximum atomic E-state index is 12.3. The van der Waals surface area contributed by atoms with Gasteiger partial charge < -0.3 is 10.1 Å². The first-order valence-electron chi connectivity index (χ1n) is 9.86. The van der Waals surface area contributed by atoms with E-state index in [9.17, 15) is 9.59 Å². The summed E-state index contributed by atoms with van der Waals surface area (Å²) in [5, 5.41) is 7.88. The standard InChI is InChI=1S/C23H25N3O3S/c1-3-4-5-16-6-10-18(11-7-16)24-21(27)14-19-15-30-23(25-19)26-22(28)17-8-12-20(29-2)13-9-17/h6-13,15H,3-5,14H2,1-2H3,(H,24,27)(H,25,26,28). The second kappa shape index (κ2) is 10.5. The minimum atomic E-state index is -0.258. The number of carbonyl (C=O) groups excluding carboxylic acids is 2. The van der Waals surface area contributed by atoms with E-state index in [0.717, 1.165) is 24.9 Å². The van der Waals surface area contributed by atoms with Crippen molar-refractivity contribution in [2.45, 2.75) is 32.6 Å². The molecule has 0 aliphatic rings. The molecule has 0 radical (unpaired) electrons. The molecule has 0 aliphatic heterocycles. The SMILES string of the molecule is CCCCc1ccc(NC(=O)Cc2csc(NC(=O)c3ccc(OC)cc3)n2)cc1. The lowest BCUT2D eigenvalue weighted by molar-refractivity contribution is -0.115. The van der Waals surface area contributed by atoms with E-state index >= 15 is 0 Å². The number of nitrogens with zero attached hydrogens (tertiary/aromatic N) is 1. The monoisotopic (exact) mass is 423 g/mol. The summed E-state index contributed by atoms with van der Waals surface area (Å²) in [6.45, 7) is 2.17. The van der Waals surface area contributed by atoms with Crippen molar-refractivity contribution in [3.63, 3.8) is 0 Å². The Bertz CT molecular complexity index is 982. The van der Waals surface area contributed by atoms with Crippen molar-refractivity contribution < 1.29 is 14.3 Å². The summed E-state index contributed by atoms with van der Waals surface area (Å²) in [6.07, 6.45) is 3.52. The number of hydrogen-bond donors (Lipinski definition) is 2. The van der Waals surface area contributed by atoms with E-state index < -0.39 is 0 Å². The number of aryl methyl sites for hydroxylation is 1. The summed E-state index contributed by atoms with van der Waals surface area (Å²) in [5.41, 5.74) is 3.16. The van der Waals surface area contributed by atoms with Crippen LogP contribution in [0.5, 0.6) is 5.75 Å². The molecule has 0 aliphatic carbocycles. The van der Waals surface area contributed by atoms with Crippen molar-refractivity contribution in [1.29, 1.82) is 0 Å². The summed E-state index contributed by atoms with van der Waals surface area (Å²) in [4.78, 5) is 29.0. The van der Waals surface area contributed by atoms with Gasteiger partial charge in [-0.05, 0) is 54.8 Å². The van der Waals surface area contributed by atoms with Gasteiger partial charge in [-0.2, -0.15) is 0 Å². The van der Waals surface area contributed by atoms with Crippen LogP contribution in [0.1, 0.15) is 41.4 Å². The number of nitrogens with one attached hydrogen (secondary N) is 2. The molecule has 30 heavy (non-hydrogen) atoms. The van der Waals surface area contributed by atoms with Crippen molar-refractivity contribution in [2.24, 2.45) is 0 Å². The Labute approximate surface area is 180 Å². The van der Waals surface area contributed by atoms with Gasteiger partial charge in [0.15, 0.2) is 5.13 Å². The maximum absolute atomic E-state index is 12.3. The summed E-state index contributed by atoms with van der Waals surface area (Å²) in [6, 6.07) is 14.7. The van der Waals surface area contributed by atoms with Gasteiger partial charge in [0, 0.05) is 16.6 Å². The normalized spacial score (nSPS) is 10.5. The van der Waals surface area contributed by atoms with Gasteiger partial charge in [-0.1, -0.05) is 25.5 Å². The Balaban J connectivity index is 1.51. The molecule has 3 aromatic rings. The van der Waals surface area contributed by atoms with Crippen LogP contribution < -0.4 is 15.4 Å². The van der Waals surface area contributed by atoms with Crippen LogP contribution in [0.3, 0.4) is 0 Å². The molecule has 3 rings (SSSR count). The van der Waals surface area contributed by atoms with Gasteiger partial charge >= 0.3 is 0 Å². The molecule has 1 heterocycles. The number of hydrogen-bond acceptors (Lipinski definition) is 5. The van der Waals surface area contributed by atoms with Crippen molar-refractivity contribution in [3.8, 4) is 5.75 Å². The lowest BCUT2D eigenvalue weighted by Crippen LogP contribution is -2.15. The van der Waals surface area contributed by atoms with E-state index in [0.29, 0.717) is 22.1 Å². The zero-order valence-electron chi connectivity index (χ0n) is 17.1. The number of benzene rings is 2. The number of thiazole rings is 1. The van der Waals surface area contributed by atoms with E-state index in [2.05, 4.69) is 22.5 Å². The largest absolute Gasteiger partial charge is 0.497 e. The van der Waals surface area contributed by atoms with Crippen LogP contribution in [0.2, 0.25) is 0 Å². The Kier molecular flexibility index (Phi) is 7.57. The first-order valence-corrected chi connectivity index (χ1v) is 10.7. The van der Waals surface area contributed by atoms with Crippen molar-refractivity contribution >= 4 is 34.0 Å². The van der Waals surface area contributed by atoms with E-state index in [-0.39, 0.29) is 18.2 Å². The first kappa shape index (κ1) is 21.5. The highest BCUT2D eigenvalue weighted by molar-refractivity contribution is 7.14. The van der Waals surface area contributed by atoms with E-state index in [1.807, 2.05) is 24.3 Å². The van der Waals surface area contributed by atoms with Crippen LogP contribution in [0.15, 0.2) is 53.9 Å². The third-order valence-electron chi connectivity index (χ3n) is 4.52. The number of ether oxygens (including phenoxy) is 1. The summed E-state index contributed by atoms with van der Waals surface area (Å²) in [5.74, 6) is 0.283. The molecule has 0 spiro atoms. The Morgan fingerprint density at radius 3 is 2.43 bits per heavy atom. The van der Waals surface area contributed by atoms with Gasteiger partial charge in [0.05, 0.1) is 19.2 Å². The van der Waals surface area contributed by atoms with Crippen LogP contribution in [0.4, 0.5) is 10.8 Å². The Hall–Kier alpha value is -3.19. The van der Waals surface area contributed by atoms with Crippen LogP contribution >= 0.6 is 11.3 Å². The molecule has 2 aromatic carbocycles. The molecule has 2 amide bonds. The minimum Gasteiger partial charge on any atom is -0.497 e. The highest BCUT2D eigenvalue weighted by Gasteiger charge is 2.12. The van der Waals surface area contributed by atoms with Gasteiger partial charge in [0.2, 0.25) is 5.91 Å². The average Bonchev–Trinajstić information content (AvgIpc) is 3.19. The third-order valence-corrected chi connectivity index (χ3v) is 5.33. The number of unbranched alkanes of at least 4 members (excludes halogenated alkanes) is 1. The number of amides is 2. The van der Waals surface area contributed by atoms with Crippen LogP contribution in [-0.4, -0.2) is 23.9 Å². The molecular weight excluding hydrogens is 398 g/mol. The molecular formula is C23H25N3O3S. The van der Waals surface area contributed by atoms with Crippen molar-refractivity contribution in [3.05, 3.63) is 70.7 Å². The average molecular weight is 424 g/mol. The number of carbonyl (C=O) groups is 2. The zero-order chi connectivity index (χ0) is 21.3. The van der Waals surface area contributed by atoms with Gasteiger partial charge in [0.25, 0.3) is 5.91 Å². The predicted molar refractivity (Wildman–Crippen MR) is 120 cm³/mol. The third kappa shape index (κ3) is 6.15. The fraction of sp³-hybridized carbons (Fsp3) is 0.261. The lowest BCUT2D eigenvalue weighted by atomic mass is 10.1. The zero-order valence-corrected chi connectivity index (χ0v) is 17.9. The molecule has 2 N–H and O–H groups in total. The van der Waals surface area contributed by atoms with Crippen molar-refractivity contribution in [1.82, 2.24) is 4.98 Å². The second-order valence-electron chi connectivity index (χ2n) is 6.85. The van der Waals surface area contributed by atoms with Crippen LogP contribution in [-0.2, 0) is 17.6 Å². The van der Waals surface area contributed by atoms with E-state index in [1.165, 1.54) is 16.9 Å². The molecule has 0 unspecified atom stereocenters. The fourth-order valence-corrected chi connectivity index (χ4v) is 3.57. The van der Waals surface area contributed by atoms with E-state index in [4.69, 9.17) is 4.74 Å². The number of anilines is 2. The highest BCUT2D eigenvalue weighted by atomic mass is 32.1. The number of rotatable bonds is 9. The molecule has 0 atom stereocenters. The predicted octanol–water partition coefficient (Wildman–Crippen LogP) is 4.93. The van der Waals surface area contributed by atoms with Gasteiger partial charge in [-0.15, -0.1) is 11.3 Å². The fourth-order valence-electron chi connectivity index (χ4n) is 2.86. The summed E-state index contributed by atoms with van der Waals surface area (Å²) >= 11 is 1.29. The number of aromatic nitrogens is 1.